The molecule has 0 aromatic rings. The Bertz CT molecular complexity index is 1950. The number of aliphatic hydroxyl groups is 13. The van der Waals surface area contributed by atoms with Crippen LogP contribution < -0.4 is 0 Å². The normalized spacial score (nSPS) is 54.7. The number of allylic oxidation sites excluding steroid dienone is 1. The van der Waals surface area contributed by atoms with Gasteiger partial charge in [0.2, 0.25) is 0 Å². The lowest BCUT2D eigenvalue weighted by Crippen LogP contribution is -2.66. The van der Waals surface area contributed by atoms with Crippen LogP contribution in [0.4, 0.5) is 0 Å². The van der Waals surface area contributed by atoms with E-state index in [-0.39, 0.29) is 35.4 Å². The summed E-state index contributed by atoms with van der Waals surface area (Å²) in [6.07, 6.45) is -20.6. The van der Waals surface area contributed by atoms with Gasteiger partial charge < -0.3 is 109 Å². The molecule has 8 fully saturated rings. The second-order valence-electron chi connectivity index (χ2n) is 24.8. The van der Waals surface area contributed by atoms with Crippen LogP contribution in [0.1, 0.15) is 106 Å². The summed E-state index contributed by atoms with van der Waals surface area (Å²) in [6.45, 7) is 12.6. The zero-order chi connectivity index (χ0) is 53.7. The summed E-state index contributed by atoms with van der Waals surface area (Å²) < 4.78 is 54.8. The summed E-state index contributed by atoms with van der Waals surface area (Å²) in [6, 6.07) is 0. The fourth-order valence-electron chi connectivity index (χ4n) is 15.0. The molecule has 5 aliphatic heterocycles. The van der Waals surface area contributed by atoms with Crippen LogP contribution in [0.5, 0.6) is 0 Å². The Morgan fingerprint density at radius 1 is 0.635 bits per heavy atom. The first-order valence-corrected chi connectivity index (χ1v) is 27.1. The number of ether oxygens (including phenoxy) is 9. The molecule has 5 heterocycles. The molecule has 426 valence electrons. The standard InChI is InChI=1S/C52H86O22/c1-21-32-29(74-52(21,65)15-14-49(4,5)20-66-45-39(61)38(60)35(57)30(18-53)70-45)17-28-26-9-8-24-16-25(10-12-50(24,6)27(26)11-13-51(28,32)7)69-48-44(73-47-41(63)37(59)34(56)23(3)68-47)42(64)43(31(19-54)71-48)72-46-40(62)36(58)33(55)22(2)67-46/h8,21-23,25-48,53-65H,9-20H2,1-7H3/t21-,22-,23-,25-,26+,27-,28-,29-,30+,31+,32-,33-,34-,35+,36+,37+,38-,39+,40+,41+,42-,43+,44+,45+,46-,47-,48+,50-,51-,52+/m0/s1. The highest BCUT2D eigenvalue weighted by Gasteiger charge is 2.68. The molecule has 0 aromatic heterocycles. The van der Waals surface area contributed by atoms with Gasteiger partial charge in [0.15, 0.2) is 30.9 Å². The van der Waals surface area contributed by atoms with Gasteiger partial charge in [0.05, 0.1) is 44.2 Å². The number of fused-ring (bicyclic) bond motifs is 7. The lowest BCUT2D eigenvalue weighted by Gasteiger charge is -2.58. The Hall–Kier alpha value is -1.14. The first kappa shape index (κ1) is 57.5. The van der Waals surface area contributed by atoms with Crippen molar-refractivity contribution in [3.63, 3.8) is 0 Å². The monoisotopic (exact) mass is 1060 g/mol. The zero-order valence-electron chi connectivity index (χ0n) is 43.6. The van der Waals surface area contributed by atoms with Crippen LogP contribution in [-0.4, -0.2) is 227 Å². The summed E-state index contributed by atoms with van der Waals surface area (Å²) in [5.74, 6) is -0.224. The number of hydrogen-bond donors (Lipinski definition) is 13. The molecule has 22 nitrogen and oxygen atoms in total. The van der Waals surface area contributed by atoms with Gasteiger partial charge >= 0.3 is 0 Å². The molecule has 9 aliphatic rings. The smallest absolute Gasteiger partial charge is 0.187 e. The van der Waals surface area contributed by atoms with E-state index in [2.05, 4.69) is 26.8 Å². The lowest BCUT2D eigenvalue weighted by molar-refractivity contribution is -0.388. The molecule has 0 bridgehead atoms. The first-order valence-electron chi connectivity index (χ1n) is 27.1. The lowest BCUT2D eigenvalue weighted by atomic mass is 9.47. The fraction of sp³-hybridized carbons (Fsp3) is 0.962. The number of aliphatic hydroxyl groups excluding tert-OH is 12. The van der Waals surface area contributed by atoms with Crippen LogP contribution in [0.25, 0.3) is 0 Å². The van der Waals surface area contributed by atoms with E-state index in [0.29, 0.717) is 43.4 Å². The fourth-order valence-corrected chi connectivity index (χ4v) is 15.0. The molecule has 0 radical (unpaired) electrons. The van der Waals surface area contributed by atoms with Crippen molar-refractivity contribution in [1.29, 1.82) is 0 Å². The van der Waals surface area contributed by atoms with Crippen molar-refractivity contribution in [1.82, 2.24) is 0 Å². The van der Waals surface area contributed by atoms with Crippen LogP contribution >= 0.6 is 0 Å². The Balaban J connectivity index is 0.852. The van der Waals surface area contributed by atoms with E-state index in [9.17, 15) is 66.4 Å². The van der Waals surface area contributed by atoms with E-state index in [1.807, 2.05) is 13.8 Å². The van der Waals surface area contributed by atoms with E-state index in [0.717, 1.165) is 32.1 Å². The number of hydrogen-bond acceptors (Lipinski definition) is 22. The van der Waals surface area contributed by atoms with Crippen LogP contribution in [-0.2, 0) is 42.6 Å². The van der Waals surface area contributed by atoms with Gasteiger partial charge in [0.1, 0.15) is 85.5 Å². The van der Waals surface area contributed by atoms with E-state index in [1.54, 1.807) is 0 Å². The average molecular weight is 1060 g/mol. The first-order chi connectivity index (χ1) is 34.8. The average Bonchev–Trinajstić information content (AvgIpc) is 3.81. The van der Waals surface area contributed by atoms with Gasteiger partial charge in [-0.05, 0) is 105 Å². The third kappa shape index (κ3) is 10.2. The molecular formula is C52H86O22. The highest BCUT2D eigenvalue weighted by molar-refractivity contribution is 5.26. The van der Waals surface area contributed by atoms with Crippen molar-refractivity contribution >= 4 is 0 Å². The maximum atomic E-state index is 12.2. The Morgan fingerprint density at radius 2 is 1.22 bits per heavy atom. The third-order valence-corrected chi connectivity index (χ3v) is 19.7. The summed E-state index contributed by atoms with van der Waals surface area (Å²) in [7, 11) is 0. The van der Waals surface area contributed by atoms with Gasteiger partial charge in [0.25, 0.3) is 0 Å². The van der Waals surface area contributed by atoms with Crippen LogP contribution in [0, 0.1) is 45.8 Å². The van der Waals surface area contributed by atoms with Crippen molar-refractivity contribution in [2.24, 2.45) is 45.8 Å². The second kappa shape index (κ2) is 21.7. The summed E-state index contributed by atoms with van der Waals surface area (Å²) in [4.78, 5) is 0. The number of rotatable bonds is 14. The maximum Gasteiger partial charge on any atom is 0.187 e. The third-order valence-electron chi connectivity index (χ3n) is 19.7. The Morgan fingerprint density at radius 3 is 1.84 bits per heavy atom. The summed E-state index contributed by atoms with van der Waals surface area (Å²) >= 11 is 0. The molecule has 9 rings (SSSR count). The molecule has 13 N–H and O–H groups in total. The highest BCUT2D eigenvalue weighted by atomic mass is 16.8. The molecule has 0 unspecified atom stereocenters. The molecule has 4 aliphatic carbocycles. The van der Waals surface area contributed by atoms with Crippen molar-refractivity contribution in [2.75, 3.05) is 19.8 Å². The Labute approximate surface area is 432 Å². The van der Waals surface area contributed by atoms with Gasteiger partial charge in [-0.15, -0.1) is 0 Å². The van der Waals surface area contributed by atoms with E-state index >= 15 is 0 Å². The Kier molecular flexibility index (Phi) is 16.9. The topological polar surface area (TPSA) is 346 Å². The molecule has 0 spiro atoms. The van der Waals surface area contributed by atoms with Crippen molar-refractivity contribution < 1.29 is 109 Å². The minimum Gasteiger partial charge on any atom is -0.394 e. The van der Waals surface area contributed by atoms with Gasteiger partial charge in [0, 0.05) is 12.3 Å². The van der Waals surface area contributed by atoms with Gasteiger partial charge in [-0.3, -0.25) is 0 Å². The molecule has 0 amide bonds. The van der Waals surface area contributed by atoms with E-state index in [4.69, 9.17) is 42.6 Å². The van der Waals surface area contributed by atoms with E-state index in [1.165, 1.54) is 19.4 Å². The molecule has 3 saturated carbocycles. The quantitative estimate of drug-likeness (QED) is 0.0873. The molecule has 5 saturated heterocycles. The minimum absolute atomic E-state index is 0.0689. The van der Waals surface area contributed by atoms with Crippen molar-refractivity contribution in [3.8, 4) is 0 Å². The minimum atomic E-state index is -1.75. The zero-order valence-corrected chi connectivity index (χ0v) is 43.6. The van der Waals surface area contributed by atoms with E-state index < -0.39 is 153 Å². The van der Waals surface area contributed by atoms with Gasteiger partial charge in [-0.2, -0.15) is 0 Å². The predicted octanol–water partition coefficient (Wildman–Crippen LogP) is -1.59. The van der Waals surface area contributed by atoms with Crippen LogP contribution in [0.15, 0.2) is 11.6 Å². The summed E-state index contributed by atoms with van der Waals surface area (Å²) in [5.41, 5.74) is 0.552. The van der Waals surface area contributed by atoms with Gasteiger partial charge in [-0.1, -0.05) is 46.3 Å². The van der Waals surface area contributed by atoms with Crippen LogP contribution in [0.3, 0.4) is 0 Å². The highest BCUT2D eigenvalue weighted by Crippen LogP contribution is 2.70. The molecule has 22 heteroatoms. The van der Waals surface area contributed by atoms with Gasteiger partial charge in [-0.25, -0.2) is 0 Å². The summed E-state index contributed by atoms with van der Waals surface area (Å²) in [5, 5.41) is 139. The predicted molar refractivity (Wildman–Crippen MR) is 253 cm³/mol. The molecule has 30 atom stereocenters. The largest absolute Gasteiger partial charge is 0.394 e. The molecule has 74 heavy (non-hydrogen) atoms. The second-order valence-corrected chi connectivity index (χ2v) is 24.8. The molecular weight excluding hydrogens is 977 g/mol. The van der Waals surface area contributed by atoms with Crippen molar-refractivity contribution in [2.45, 2.75) is 247 Å². The van der Waals surface area contributed by atoms with Crippen LogP contribution in [0.2, 0.25) is 0 Å². The maximum absolute atomic E-state index is 12.2. The molecule has 0 aromatic carbocycles. The SMILES string of the molecule is C[C@@H]1O[C@@H](O[C@H]2[C@H](O[C@H]3CC[C@@]4(C)C(=CC[C@H]5[C@@H]6C[C@@H]7O[C@](O)(CCC(C)(C)CO[C@@H]8O[C@H](CO)[C@@H](O)[C@H](O)[C@H]8O)[C@@H](C)[C@@H]7[C@@]6(C)CC[C@@H]54)C3)O[C@H](CO)[C@@H](O[C@@H]3O[C@@H](C)[C@H](O)[C@@H](O)[C@H]3O)[C@@H]2O)[C@H](O)[C@H](O)[C@H]1O. The van der Waals surface area contributed by atoms with Crippen molar-refractivity contribution in [3.05, 3.63) is 11.6 Å².